The third-order valence-corrected chi connectivity index (χ3v) is 2.70. The van der Waals surface area contributed by atoms with Crippen molar-refractivity contribution in [1.29, 1.82) is 0 Å². The number of carbonyl (C=O) groups is 2. The van der Waals surface area contributed by atoms with Crippen molar-refractivity contribution in [2.75, 3.05) is 0 Å². The van der Waals surface area contributed by atoms with Gasteiger partial charge in [0.05, 0.1) is 0 Å². The molecule has 0 unspecified atom stereocenters. The lowest BCUT2D eigenvalue weighted by Crippen LogP contribution is -2.51. The van der Waals surface area contributed by atoms with Gasteiger partial charge in [-0.3, -0.25) is 20.2 Å². The van der Waals surface area contributed by atoms with E-state index in [-0.39, 0.29) is 10.7 Å². The maximum absolute atomic E-state index is 11.6. The summed E-state index contributed by atoms with van der Waals surface area (Å²) in [4.78, 5) is 23.1. The van der Waals surface area contributed by atoms with E-state index >= 15 is 0 Å². The van der Waals surface area contributed by atoms with Crippen molar-refractivity contribution in [3.05, 3.63) is 40.4 Å². The maximum Gasteiger partial charge on any atom is 0.263 e. The van der Waals surface area contributed by atoms with E-state index < -0.39 is 11.8 Å². The molecule has 1 aliphatic rings. The predicted octanol–water partition coefficient (Wildman–Crippen LogP) is 1.25. The van der Waals surface area contributed by atoms with Gasteiger partial charge in [-0.1, -0.05) is 29.8 Å². The first-order valence-corrected chi connectivity index (χ1v) is 5.49. The van der Waals surface area contributed by atoms with Crippen LogP contribution in [0.2, 0.25) is 5.02 Å². The van der Waals surface area contributed by atoms with E-state index in [4.69, 9.17) is 11.6 Å². The smallest absolute Gasteiger partial charge is 0.263 e. The van der Waals surface area contributed by atoms with Crippen molar-refractivity contribution in [2.45, 2.75) is 0 Å². The van der Waals surface area contributed by atoms with Crippen LogP contribution in [0.1, 0.15) is 5.56 Å². The number of halogens is 1. The highest BCUT2D eigenvalue weighted by Gasteiger charge is 2.25. The first-order valence-electron chi connectivity index (χ1n) is 4.71. The lowest BCUT2D eigenvalue weighted by atomic mass is 10.1. The highest BCUT2D eigenvalue weighted by atomic mass is 35.5. The highest BCUT2D eigenvalue weighted by Crippen LogP contribution is 2.18. The first-order chi connectivity index (χ1) is 8.08. The Labute approximate surface area is 108 Å². The second-order valence-corrected chi connectivity index (χ2v) is 4.13. The Balaban J connectivity index is 2.40. The van der Waals surface area contributed by atoms with E-state index in [1.807, 2.05) is 0 Å². The zero-order valence-electron chi connectivity index (χ0n) is 8.49. The first kappa shape index (κ1) is 11.8. The van der Waals surface area contributed by atoms with E-state index in [9.17, 15) is 9.59 Å². The molecule has 1 fully saturated rings. The second-order valence-electron chi connectivity index (χ2n) is 3.32. The van der Waals surface area contributed by atoms with Crippen molar-refractivity contribution in [3.8, 4) is 0 Å². The van der Waals surface area contributed by atoms with E-state index in [1.165, 1.54) is 6.08 Å². The number of amides is 2. The van der Waals surface area contributed by atoms with Crippen molar-refractivity contribution >= 4 is 46.8 Å². The van der Waals surface area contributed by atoms with Crippen LogP contribution in [0.3, 0.4) is 0 Å². The largest absolute Gasteiger partial charge is 0.299 e. The van der Waals surface area contributed by atoms with Crippen LogP contribution in [-0.4, -0.2) is 16.9 Å². The van der Waals surface area contributed by atoms with Gasteiger partial charge in [0.25, 0.3) is 11.8 Å². The predicted molar refractivity (Wildman–Crippen MR) is 68.3 cm³/mol. The third-order valence-electron chi connectivity index (χ3n) is 2.15. The average molecular weight is 267 g/mol. The van der Waals surface area contributed by atoms with E-state index in [1.54, 1.807) is 24.3 Å². The summed E-state index contributed by atoms with van der Waals surface area (Å²) in [5.41, 5.74) is 0.578. The molecule has 2 N–H and O–H groups in total. The molecule has 2 rings (SSSR count). The molecule has 0 aliphatic carbocycles. The van der Waals surface area contributed by atoms with Gasteiger partial charge in [0.1, 0.15) is 5.57 Å². The van der Waals surface area contributed by atoms with Crippen LogP contribution in [0.5, 0.6) is 0 Å². The molecule has 1 aromatic rings. The van der Waals surface area contributed by atoms with Gasteiger partial charge in [-0.05, 0) is 29.9 Å². The Bertz CT molecular complexity index is 532. The van der Waals surface area contributed by atoms with Gasteiger partial charge >= 0.3 is 0 Å². The zero-order valence-corrected chi connectivity index (χ0v) is 10.1. The highest BCUT2D eigenvalue weighted by molar-refractivity contribution is 7.80. The quantitative estimate of drug-likeness (QED) is 0.457. The molecular weight excluding hydrogens is 260 g/mol. The van der Waals surface area contributed by atoms with Crippen LogP contribution in [-0.2, 0) is 9.59 Å². The summed E-state index contributed by atoms with van der Waals surface area (Å²) < 4.78 is 0. The summed E-state index contributed by atoms with van der Waals surface area (Å²) in [5.74, 6) is -1.06. The Kier molecular flexibility index (Phi) is 3.21. The fourth-order valence-electron chi connectivity index (χ4n) is 1.35. The van der Waals surface area contributed by atoms with Crippen molar-refractivity contribution in [1.82, 2.24) is 10.6 Å². The molecule has 0 radical (unpaired) electrons. The van der Waals surface area contributed by atoms with Crippen molar-refractivity contribution < 1.29 is 9.59 Å². The summed E-state index contributed by atoms with van der Waals surface area (Å²) in [6.07, 6.45) is 1.43. The summed E-state index contributed by atoms with van der Waals surface area (Å²) >= 11 is 10.6. The standard InChI is InChI=1S/C11H7ClN2O2S/c12-8-4-2-1-3-6(8)5-7-9(15)13-11(17)14-10(7)16/h1-5H,(H2,13,14,15,16,17). The molecule has 0 bridgehead atoms. The van der Waals surface area contributed by atoms with Gasteiger partial charge in [-0.2, -0.15) is 0 Å². The summed E-state index contributed by atoms with van der Waals surface area (Å²) in [6, 6.07) is 6.92. The molecule has 6 heteroatoms. The van der Waals surface area contributed by atoms with Gasteiger partial charge in [0.15, 0.2) is 5.11 Å². The molecule has 1 saturated heterocycles. The summed E-state index contributed by atoms with van der Waals surface area (Å²) in [5, 5.41) is 5.17. The fraction of sp³-hybridized carbons (Fsp3) is 0. The molecule has 0 saturated carbocycles. The molecule has 1 heterocycles. The molecule has 1 aromatic carbocycles. The van der Waals surface area contributed by atoms with Crippen LogP contribution in [0, 0.1) is 0 Å². The molecule has 4 nitrogen and oxygen atoms in total. The van der Waals surface area contributed by atoms with E-state index in [0.717, 1.165) is 0 Å². The molecule has 2 amide bonds. The van der Waals surface area contributed by atoms with Gasteiger partial charge in [-0.25, -0.2) is 0 Å². The molecule has 0 spiro atoms. The van der Waals surface area contributed by atoms with E-state index in [0.29, 0.717) is 10.6 Å². The van der Waals surface area contributed by atoms with Crippen LogP contribution >= 0.6 is 23.8 Å². The number of rotatable bonds is 1. The Morgan fingerprint density at radius 1 is 1.12 bits per heavy atom. The van der Waals surface area contributed by atoms with Crippen molar-refractivity contribution in [3.63, 3.8) is 0 Å². The Hall–Kier alpha value is -1.72. The SMILES string of the molecule is O=C1NC(=S)NC(=O)C1=Cc1ccccc1Cl. The zero-order chi connectivity index (χ0) is 12.4. The summed E-state index contributed by atoms with van der Waals surface area (Å²) in [6.45, 7) is 0. The topological polar surface area (TPSA) is 58.2 Å². The van der Waals surface area contributed by atoms with E-state index in [2.05, 4.69) is 22.9 Å². The Morgan fingerprint density at radius 3 is 2.29 bits per heavy atom. The van der Waals surface area contributed by atoms with Gasteiger partial charge < -0.3 is 0 Å². The van der Waals surface area contributed by atoms with Crippen LogP contribution in [0.25, 0.3) is 6.08 Å². The lowest BCUT2D eigenvalue weighted by molar-refractivity contribution is -0.123. The molecular formula is C11H7ClN2O2S. The number of carbonyl (C=O) groups excluding carboxylic acids is 2. The molecule has 0 atom stereocenters. The summed E-state index contributed by atoms with van der Waals surface area (Å²) in [7, 11) is 0. The number of nitrogens with one attached hydrogen (secondary N) is 2. The van der Waals surface area contributed by atoms with Crippen LogP contribution < -0.4 is 10.6 Å². The molecule has 17 heavy (non-hydrogen) atoms. The number of benzene rings is 1. The molecule has 1 aliphatic heterocycles. The minimum Gasteiger partial charge on any atom is -0.299 e. The van der Waals surface area contributed by atoms with Gasteiger partial charge in [0.2, 0.25) is 0 Å². The van der Waals surface area contributed by atoms with Crippen LogP contribution in [0.15, 0.2) is 29.8 Å². The third kappa shape index (κ3) is 2.51. The minimum atomic E-state index is -0.529. The van der Waals surface area contributed by atoms with Gasteiger partial charge in [0, 0.05) is 5.02 Å². The number of hydrogen-bond donors (Lipinski definition) is 2. The van der Waals surface area contributed by atoms with Crippen LogP contribution in [0.4, 0.5) is 0 Å². The molecule has 0 aromatic heterocycles. The lowest BCUT2D eigenvalue weighted by Gasteiger charge is -2.16. The maximum atomic E-state index is 11.6. The molecule has 86 valence electrons. The second kappa shape index (κ2) is 4.65. The van der Waals surface area contributed by atoms with Gasteiger partial charge in [-0.15, -0.1) is 0 Å². The normalized spacial score (nSPS) is 15.4. The number of hydrogen-bond acceptors (Lipinski definition) is 3. The minimum absolute atomic E-state index is 0.0105. The fourth-order valence-corrected chi connectivity index (χ4v) is 1.73. The van der Waals surface area contributed by atoms with Crippen molar-refractivity contribution in [2.24, 2.45) is 0 Å². The number of thiocarbonyl (C=S) groups is 1. The monoisotopic (exact) mass is 266 g/mol. The Morgan fingerprint density at radius 2 is 1.71 bits per heavy atom. The average Bonchev–Trinajstić information content (AvgIpc) is 2.25.